The second-order valence-corrected chi connectivity index (χ2v) is 7.45. The second-order valence-electron chi connectivity index (χ2n) is 7.45. The maximum Gasteiger partial charge on any atom is 0.253 e. The molecule has 0 radical (unpaired) electrons. The molecule has 1 atom stereocenters. The van der Waals surface area contributed by atoms with Crippen molar-refractivity contribution in [3.8, 4) is 0 Å². The smallest absolute Gasteiger partial charge is 0.253 e. The van der Waals surface area contributed by atoms with Crippen molar-refractivity contribution < 1.29 is 14.0 Å². The van der Waals surface area contributed by atoms with Gasteiger partial charge in [0.25, 0.3) is 5.91 Å². The molecule has 1 aliphatic heterocycles. The van der Waals surface area contributed by atoms with Gasteiger partial charge in [0.2, 0.25) is 5.91 Å². The number of rotatable bonds is 7. The molecule has 0 bridgehead atoms. The van der Waals surface area contributed by atoms with E-state index in [1.54, 1.807) is 4.90 Å². The number of hydrogen-bond donors (Lipinski definition) is 1. The lowest BCUT2D eigenvalue weighted by Gasteiger charge is -2.35. The van der Waals surface area contributed by atoms with Crippen molar-refractivity contribution in [1.29, 1.82) is 0 Å². The van der Waals surface area contributed by atoms with E-state index in [9.17, 15) is 14.0 Å². The third-order valence-electron chi connectivity index (χ3n) is 5.37. The van der Waals surface area contributed by atoms with Gasteiger partial charge < -0.3 is 15.5 Å². The minimum Gasteiger partial charge on any atom is -0.341 e. The summed E-state index contributed by atoms with van der Waals surface area (Å²) in [6.07, 6.45) is 2.31. The van der Waals surface area contributed by atoms with Gasteiger partial charge in [-0.15, -0.1) is 12.4 Å². The molecule has 0 spiro atoms. The van der Waals surface area contributed by atoms with Crippen LogP contribution in [0, 0.1) is 11.7 Å². The summed E-state index contributed by atoms with van der Waals surface area (Å²) in [5, 5.41) is 0. The van der Waals surface area contributed by atoms with E-state index in [2.05, 4.69) is 12.1 Å². The molecule has 30 heavy (non-hydrogen) atoms. The fourth-order valence-electron chi connectivity index (χ4n) is 3.79. The molecule has 0 saturated carbocycles. The number of benzene rings is 2. The number of halogens is 2. The van der Waals surface area contributed by atoms with Gasteiger partial charge in [-0.25, -0.2) is 4.39 Å². The normalized spacial score (nSPS) is 15.9. The Morgan fingerprint density at radius 3 is 2.43 bits per heavy atom. The van der Waals surface area contributed by atoms with Gasteiger partial charge in [-0.05, 0) is 49.1 Å². The van der Waals surface area contributed by atoms with Crippen molar-refractivity contribution in [2.75, 3.05) is 32.7 Å². The highest BCUT2D eigenvalue weighted by Crippen LogP contribution is 2.21. The molecular weight excluding hydrogens is 405 g/mol. The number of nitrogens with two attached hydrogens (primary N) is 1. The molecule has 2 aromatic rings. The molecular formula is C23H29ClFN3O2. The van der Waals surface area contributed by atoms with E-state index in [1.165, 1.54) is 29.8 Å². The SMILES string of the molecule is Cl.NCCN(CCc1ccccc1)C(=O)C1CCCN(C(=O)c2ccc(F)cc2)C1. The van der Waals surface area contributed by atoms with Crippen molar-refractivity contribution in [1.82, 2.24) is 9.80 Å². The number of carbonyl (C=O) groups is 2. The Kier molecular flexibility index (Phi) is 9.27. The Labute approximate surface area is 183 Å². The van der Waals surface area contributed by atoms with Crippen LogP contribution >= 0.6 is 12.4 Å². The highest BCUT2D eigenvalue weighted by atomic mass is 35.5. The van der Waals surface area contributed by atoms with E-state index in [0.717, 1.165) is 19.3 Å². The van der Waals surface area contributed by atoms with Gasteiger partial charge in [0.1, 0.15) is 5.82 Å². The van der Waals surface area contributed by atoms with E-state index in [0.29, 0.717) is 38.3 Å². The van der Waals surface area contributed by atoms with Crippen LogP contribution in [0.5, 0.6) is 0 Å². The lowest BCUT2D eigenvalue weighted by atomic mass is 9.95. The zero-order valence-corrected chi connectivity index (χ0v) is 17.8. The first-order chi connectivity index (χ1) is 14.1. The summed E-state index contributed by atoms with van der Waals surface area (Å²) in [6.45, 7) is 2.53. The zero-order chi connectivity index (χ0) is 20.6. The third-order valence-corrected chi connectivity index (χ3v) is 5.37. The molecule has 1 saturated heterocycles. The summed E-state index contributed by atoms with van der Waals surface area (Å²) in [7, 11) is 0. The van der Waals surface area contributed by atoms with Crippen LogP contribution in [0.4, 0.5) is 4.39 Å². The summed E-state index contributed by atoms with van der Waals surface area (Å²) in [5.41, 5.74) is 7.37. The Morgan fingerprint density at radius 2 is 1.77 bits per heavy atom. The first-order valence-corrected chi connectivity index (χ1v) is 10.2. The Hall–Kier alpha value is -2.44. The van der Waals surface area contributed by atoms with Gasteiger partial charge in [0, 0.05) is 38.3 Å². The van der Waals surface area contributed by atoms with Gasteiger partial charge in [-0.2, -0.15) is 0 Å². The van der Waals surface area contributed by atoms with E-state index in [4.69, 9.17) is 5.73 Å². The zero-order valence-electron chi connectivity index (χ0n) is 17.0. The first kappa shape index (κ1) is 23.8. The monoisotopic (exact) mass is 433 g/mol. The van der Waals surface area contributed by atoms with Crippen molar-refractivity contribution in [3.05, 3.63) is 71.5 Å². The molecule has 1 fully saturated rings. The highest BCUT2D eigenvalue weighted by Gasteiger charge is 2.31. The summed E-state index contributed by atoms with van der Waals surface area (Å²) in [5.74, 6) is -0.695. The molecule has 162 valence electrons. The van der Waals surface area contributed by atoms with Crippen LogP contribution < -0.4 is 5.73 Å². The van der Waals surface area contributed by atoms with Crippen molar-refractivity contribution in [3.63, 3.8) is 0 Å². The molecule has 1 unspecified atom stereocenters. The van der Waals surface area contributed by atoms with E-state index < -0.39 is 0 Å². The average molecular weight is 434 g/mol. The van der Waals surface area contributed by atoms with Crippen LogP contribution in [0.3, 0.4) is 0 Å². The topological polar surface area (TPSA) is 66.6 Å². The summed E-state index contributed by atoms with van der Waals surface area (Å²) in [6, 6.07) is 15.6. The fraction of sp³-hybridized carbons (Fsp3) is 0.391. The molecule has 3 rings (SSSR count). The molecule has 0 aliphatic carbocycles. The Balaban J connectivity index is 0.00000320. The molecule has 1 aliphatic rings. The van der Waals surface area contributed by atoms with Crippen LogP contribution in [0.1, 0.15) is 28.8 Å². The van der Waals surface area contributed by atoms with Crippen molar-refractivity contribution in [2.45, 2.75) is 19.3 Å². The molecule has 2 N–H and O–H groups in total. The third kappa shape index (κ3) is 6.28. The van der Waals surface area contributed by atoms with Gasteiger partial charge in [-0.3, -0.25) is 9.59 Å². The predicted molar refractivity (Wildman–Crippen MR) is 118 cm³/mol. The first-order valence-electron chi connectivity index (χ1n) is 10.2. The highest BCUT2D eigenvalue weighted by molar-refractivity contribution is 5.94. The Morgan fingerprint density at radius 1 is 1.07 bits per heavy atom. The van der Waals surface area contributed by atoms with Gasteiger partial charge in [-0.1, -0.05) is 30.3 Å². The largest absolute Gasteiger partial charge is 0.341 e. The molecule has 7 heteroatoms. The molecule has 5 nitrogen and oxygen atoms in total. The van der Waals surface area contributed by atoms with E-state index in [1.807, 2.05) is 23.1 Å². The van der Waals surface area contributed by atoms with Gasteiger partial charge in [0.15, 0.2) is 0 Å². The lowest BCUT2D eigenvalue weighted by molar-refractivity contribution is -0.136. The molecule has 2 amide bonds. The summed E-state index contributed by atoms with van der Waals surface area (Å²) in [4.78, 5) is 29.4. The summed E-state index contributed by atoms with van der Waals surface area (Å²) < 4.78 is 13.1. The van der Waals surface area contributed by atoms with Crippen LogP contribution in [0.2, 0.25) is 0 Å². The van der Waals surface area contributed by atoms with Crippen LogP contribution in [0.25, 0.3) is 0 Å². The quantitative estimate of drug-likeness (QED) is 0.729. The standard InChI is InChI=1S/C23H28FN3O2.ClH/c24-21-10-8-19(9-11-21)22(28)27-14-4-7-20(17-27)23(29)26(16-13-25)15-12-18-5-2-1-3-6-18;/h1-3,5-6,8-11,20H,4,7,12-17,25H2;1H. The van der Waals surface area contributed by atoms with E-state index in [-0.39, 0.29) is 36.0 Å². The van der Waals surface area contributed by atoms with Gasteiger partial charge >= 0.3 is 0 Å². The van der Waals surface area contributed by atoms with Gasteiger partial charge in [0.05, 0.1) is 5.92 Å². The van der Waals surface area contributed by atoms with Crippen molar-refractivity contribution in [2.24, 2.45) is 11.7 Å². The van der Waals surface area contributed by atoms with Crippen LogP contribution in [0.15, 0.2) is 54.6 Å². The maximum atomic E-state index is 13.1. The molecule has 1 heterocycles. The number of amides is 2. The predicted octanol–water partition coefficient (Wildman–Crippen LogP) is 3.13. The lowest BCUT2D eigenvalue weighted by Crippen LogP contribution is -2.48. The van der Waals surface area contributed by atoms with E-state index >= 15 is 0 Å². The Bertz CT molecular complexity index is 817. The summed E-state index contributed by atoms with van der Waals surface area (Å²) >= 11 is 0. The minimum absolute atomic E-state index is 0. The minimum atomic E-state index is -0.371. The number of piperidine rings is 1. The second kappa shape index (κ2) is 11.7. The molecule has 0 aromatic heterocycles. The van der Waals surface area contributed by atoms with Crippen molar-refractivity contribution >= 4 is 24.2 Å². The number of carbonyl (C=O) groups excluding carboxylic acids is 2. The molecule has 2 aromatic carbocycles. The average Bonchev–Trinajstić information content (AvgIpc) is 2.77. The fourth-order valence-corrected chi connectivity index (χ4v) is 3.79. The van der Waals surface area contributed by atoms with Crippen LogP contribution in [-0.4, -0.2) is 54.3 Å². The number of hydrogen-bond acceptors (Lipinski definition) is 3. The number of likely N-dealkylation sites (tertiary alicyclic amines) is 1. The maximum absolute atomic E-state index is 13.1. The number of nitrogens with zero attached hydrogens (tertiary/aromatic N) is 2. The van der Waals surface area contributed by atoms with Crippen LogP contribution in [-0.2, 0) is 11.2 Å².